The third kappa shape index (κ3) is 4.23. The SMILES string of the molecule is CCOC(=O)/C=C/c1ccccc1N(C)C(=O)C(C)C. The van der Waals surface area contributed by atoms with E-state index < -0.39 is 0 Å². The fraction of sp³-hybridized carbons (Fsp3) is 0.375. The van der Waals surface area contributed by atoms with Crippen LogP contribution in [0.15, 0.2) is 30.3 Å². The minimum absolute atomic E-state index is 0.0296. The van der Waals surface area contributed by atoms with Gasteiger partial charge in [0.15, 0.2) is 0 Å². The van der Waals surface area contributed by atoms with Gasteiger partial charge in [-0.2, -0.15) is 0 Å². The summed E-state index contributed by atoms with van der Waals surface area (Å²) in [4.78, 5) is 25.0. The van der Waals surface area contributed by atoms with Crippen molar-refractivity contribution < 1.29 is 14.3 Å². The molecule has 4 heteroatoms. The largest absolute Gasteiger partial charge is 0.463 e. The average Bonchev–Trinajstić information content (AvgIpc) is 2.44. The summed E-state index contributed by atoms with van der Waals surface area (Å²) in [6.07, 6.45) is 3.04. The molecule has 0 unspecified atom stereocenters. The maximum atomic E-state index is 12.0. The number of anilines is 1. The molecule has 20 heavy (non-hydrogen) atoms. The molecular weight excluding hydrogens is 254 g/mol. The van der Waals surface area contributed by atoms with Crippen LogP contribution in [-0.2, 0) is 14.3 Å². The predicted molar refractivity (Wildman–Crippen MR) is 80.4 cm³/mol. The molecule has 0 aromatic heterocycles. The Balaban J connectivity index is 2.99. The van der Waals surface area contributed by atoms with Crippen molar-refractivity contribution in [3.8, 4) is 0 Å². The van der Waals surface area contributed by atoms with Crippen LogP contribution in [0.2, 0.25) is 0 Å². The monoisotopic (exact) mass is 275 g/mol. The second-order valence-corrected chi connectivity index (χ2v) is 4.70. The van der Waals surface area contributed by atoms with Crippen LogP contribution in [0.3, 0.4) is 0 Å². The first-order valence-corrected chi connectivity index (χ1v) is 6.68. The molecule has 1 rings (SSSR count). The lowest BCUT2D eigenvalue weighted by atomic mass is 10.1. The number of rotatable bonds is 5. The molecule has 0 aliphatic carbocycles. The van der Waals surface area contributed by atoms with E-state index in [4.69, 9.17) is 4.74 Å². The summed E-state index contributed by atoms with van der Waals surface area (Å²) >= 11 is 0. The molecule has 0 aliphatic rings. The van der Waals surface area contributed by atoms with Crippen LogP contribution >= 0.6 is 0 Å². The van der Waals surface area contributed by atoms with Crippen molar-refractivity contribution in [2.24, 2.45) is 5.92 Å². The van der Waals surface area contributed by atoms with Gasteiger partial charge in [0.2, 0.25) is 5.91 Å². The molecule has 1 aromatic rings. The van der Waals surface area contributed by atoms with Crippen molar-refractivity contribution in [3.05, 3.63) is 35.9 Å². The molecule has 0 spiro atoms. The highest BCUT2D eigenvalue weighted by Gasteiger charge is 2.16. The van der Waals surface area contributed by atoms with Gasteiger partial charge in [-0.1, -0.05) is 32.0 Å². The standard InChI is InChI=1S/C16H21NO3/c1-5-20-15(18)11-10-13-8-6-7-9-14(13)17(4)16(19)12(2)3/h6-12H,5H2,1-4H3/b11-10+. The molecule has 1 amide bonds. The Morgan fingerprint density at radius 3 is 2.55 bits per heavy atom. The Kier molecular flexibility index (Phi) is 5.97. The van der Waals surface area contributed by atoms with E-state index in [1.54, 1.807) is 24.9 Å². The van der Waals surface area contributed by atoms with Crippen molar-refractivity contribution in [2.45, 2.75) is 20.8 Å². The zero-order valence-corrected chi connectivity index (χ0v) is 12.4. The van der Waals surface area contributed by atoms with Crippen LogP contribution in [0, 0.1) is 5.92 Å². The highest BCUT2D eigenvalue weighted by molar-refractivity contribution is 5.97. The fourth-order valence-electron chi connectivity index (χ4n) is 1.79. The number of para-hydroxylation sites is 1. The van der Waals surface area contributed by atoms with Gasteiger partial charge in [0, 0.05) is 19.0 Å². The second-order valence-electron chi connectivity index (χ2n) is 4.70. The summed E-state index contributed by atoms with van der Waals surface area (Å²) < 4.78 is 4.84. The van der Waals surface area contributed by atoms with Crippen LogP contribution in [0.1, 0.15) is 26.3 Å². The summed E-state index contributed by atoms with van der Waals surface area (Å²) in [7, 11) is 1.74. The van der Waals surface area contributed by atoms with Crippen molar-refractivity contribution >= 4 is 23.6 Å². The van der Waals surface area contributed by atoms with Gasteiger partial charge in [-0.05, 0) is 24.6 Å². The lowest BCUT2D eigenvalue weighted by Crippen LogP contribution is -2.30. The molecule has 0 saturated carbocycles. The van der Waals surface area contributed by atoms with Gasteiger partial charge < -0.3 is 9.64 Å². The molecule has 4 nitrogen and oxygen atoms in total. The van der Waals surface area contributed by atoms with Crippen molar-refractivity contribution in [2.75, 3.05) is 18.6 Å². The van der Waals surface area contributed by atoms with Gasteiger partial charge in [0.05, 0.1) is 12.3 Å². The molecule has 1 aromatic carbocycles. The summed E-state index contributed by atoms with van der Waals surface area (Å²) in [5.41, 5.74) is 1.57. The maximum Gasteiger partial charge on any atom is 0.330 e. The third-order valence-electron chi connectivity index (χ3n) is 2.81. The van der Waals surface area contributed by atoms with Gasteiger partial charge in [-0.15, -0.1) is 0 Å². The predicted octanol–water partition coefficient (Wildman–Crippen LogP) is 2.88. The van der Waals surface area contributed by atoms with E-state index in [9.17, 15) is 9.59 Å². The van der Waals surface area contributed by atoms with Gasteiger partial charge in [0.25, 0.3) is 0 Å². The molecular formula is C16H21NO3. The van der Waals surface area contributed by atoms with E-state index in [0.29, 0.717) is 6.61 Å². The molecule has 108 valence electrons. The van der Waals surface area contributed by atoms with Gasteiger partial charge in [-0.25, -0.2) is 4.79 Å². The Bertz CT molecular complexity index is 506. The van der Waals surface area contributed by atoms with Crippen LogP contribution in [0.4, 0.5) is 5.69 Å². The minimum atomic E-state index is -0.389. The first-order valence-electron chi connectivity index (χ1n) is 6.68. The van der Waals surface area contributed by atoms with Crippen molar-refractivity contribution in [3.63, 3.8) is 0 Å². The number of carbonyl (C=O) groups excluding carboxylic acids is 2. The molecule has 0 heterocycles. The maximum absolute atomic E-state index is 12.0. The van der Waals surface area contributed by atoms with E-state index in [-0.39, 0.29) is 17.8 Å². The van der Waals surface area contributed by atoms with E-state index in [1.165, 1.54) is 6.08 Å². The number of benzene rings is 1. The number of nitrogens with zero attached hydrogens (tertiary/aromatic N) is 1. The van der Waals surface area contributed by atoms with Crippen molar-refractivity contribution in [1.29, 1.82) is 0 Å². The number of hydrogen-bond acceptors (Lipinski definition) is 3. The molecule has 0 N–H and O–H groups in total. The number of ether oxygens (including phenoxy) is 1. The topological polar surface area (TPSA) is 46.6 Å². The number of carbonyl (C=O) groups is 2. The highest BCUT2D eigenvalue weighted by atomic mass is 16.5. The summed E-state index contributed by atoms with van der Waals surface area (Å²) in [6.45, 7) is 5.82. The Hall–Kier alpha value is -2.10. The summed E-state index contributed by atoms with van der Waals surface area (Å²) in [5, 5.41) is 0. The molecule has 0 radical (unpaired) electrons. The van der Waals surface area contributed by atoms with Gasteiger partial charge >= 0.3 is 5.97 Å². The molecule has 0 aliphatic heterocycles. The van der Waals surface area contributed by atoms with Crippen molar-refractivity contribution in [1.82, 2.24) is 0 Å². The highest BCUT2D eigenvalue weighted by Crippen LogP contribution is 2.22. The average molecular weight is 275 g/mol. The van der Waals surface area contributed by atoms with Crippen LogP contribution in [-0.4, -0.2) is 25.5 Å². The lowest BCUT2D eigenvalue weighted by Gasteiger charge is -2.21. The number of esters is 1. The zero-order valence-electron chi connectivity index (χ0n) is 12.4. The minimum Gasteiger partial charge on any atom is -0.463 e. The molecule has 0 bridgehead atoms. The third-order valence-corrected chi connectivity index (χ3v) is 2.81. The first kappa shape index (κ1) is 16.0. The van der Waals surface area contributed by atoms with E-state index in [2.05, 4.69) is 0 Å². The summed E-state index contributed by atoms with van der Waals surface area (Å²) in [5.74, 6) is -0.441. The fourth-order valence-corrected chi connectivity index (χ4v) is 1.79. The van der Waals surface area contributed by atoms with Crippen LogP contribution in [0.25, 0.3) is 6.08 Å². The lowest BCUT2D eigenvalue weighted by molar-refractivity contribution is -0.137. The summed E-state index contributed by atoms with van der Waals surface area (Å²) in [6, 6.07) is 7.43. The Morgan fingerprint density at radius 2 is 1.95 bits per heavy atom. The van der Waals surface area contributed by atoms with Crippen LogP contribution in [0.5, 0.6) is 0 Å². The smallest absolute Gasteiger partial charge is 0.330 e. The Morgan fingerprint density at radius 1 is 1.30 bits per heavy atom. The normalized spacial score (nSPS) is 10.8. The van der Waals surface area contributed by atoms with E-state index >= 15 is 0 Å². The number of amides is 1. The van der Waals surface area contributed by atoms with Gasteiger partial charge in [-0.3, -0.25) is 4.79 Å². The van der Waals surface area contributed by atoms with Gasteiger partial charge in [0.1, 0.15) is 0 Å². The molecule has 0 fully saturated rings. The molecule has 0 saturated heterocycles. The van der Waals surface area contributed by atoms with E-state index in [1.807, 2.05) is 38.1 Å². The zero-order chi connectivity index (χ0) is 15.1. The van der Waals surface area contributed by atoms with E-state index in [0.717, 1.165) is 11.3 Å². The second kappa shape index (κ2) is 7.48. The number of hydrogen-bond donors (Lipinski definition) is 0. The molecule has 0 atom stereocenters. The Labute approximate surface area is 120 Å². The first-order chi connectivity index (χ1) is 9.47. The van der Waals surface area contributed by atoms with Crippen LogP contribution < -0.4 is 4.90 Å². The quantitative estimate of drug-likeness (QED) is 0.613.